The van der Waals surface area contributed by atoms with Crippen molar-refractivity contribution in [2.75, 3.05) is 43.2 Å². The molecule has 2 aliphatic rings. The number of aryl methyl sites for hydroxylation is 1. The Morgan fingerprint density at radius 3 is 2.40 bits per heavy atom. The molecule has 9 nitrogen and oxygen atoms in total. The van der Waals surface area contributed by atoms with E-state index in [1.54, 1.807) is 17.0 Å². The summed E-state index contributed by atoms with van der Waals surface area (Å²) in [6.45, 7) is 10.6. The number of hydrazine groups is 1. The Balaban J connectivity index is 1.31. The number of ether oxygens (including phenoxy) is 2. The number of carbonyl (C=O) groups excluding carboxylic acids is 2. The minimum absolute atomic E-state index is 0.0524. The van der Waals surface area contributed by atoms with Crippen molar-refractivity contribution in [2.45, 2.75) is 33.9 Å². The fraction of sp³-hybridized carbons (Fsp3) is 0.355. The summed E-state index contributed by atoms with van der Waals surface area (Å²) >= 11 is 0. The molecule has 5 rings (SSSR count). The number of anilines is 2. The SMILES string of the molecule is Cc1ccc(N2NC(C(C)(C)C)=CC2NC(=O)Nc2ccc(OCC(=O)N3CCOCC3)c3ccccc23)cc1. The van der Waals surface area contributed by atoms with E-state index in [0.29, 0.717) is 37.7 Å². The Morgan fingerprint density at radius 2 is 1.70 bits per heavy atom. The second kappa shape index (κ2) is 11.5. The maximum atomic E-state index is 13.3. The predicted molar refractivity (Wildman–Crippen MR) is 157 cm³/mol. The van der Waals surface area contributed by atoms with E-state index in [1.807, 2.05) is 66.5 Å². The Kier molecular flexibility index (Phi) is 7.84. The summed E-state index contributed by atoms with van der Waals surface area (Å²) in [4.78, 5) is 27.6. The topological polar surface area (TPSA) is 95.2 Å². The lowest BCUT2D eigenvalue weighted by molar-refractivity contribution is -0.137. The summed E-state index contributed by atoms with van der Waals surface area (Å²) < 4.78 is 11.3. The normalized spacial score (nSPS) is 17.3. The van der Waals surface area contributed by atoms with Gasteiger partial charge in [0.15, 0.2) is 6.61 Å². The van der Waals surface area contributed by atoms with Gasteiger partial charge in [-0.15, -0.1) is 0 Å². The molecule has 1 unspecified atom stereocenters. The summed E-state index contributed by atoms with van der Waals surface area (Å²) in [5.74, 6) is 0.520. The first kappa shape index (κ1) is 27.3. The molecule has 9 heteroatoms. The van der Waals surface area contributed by atoms with Gasteiger partial charge in [0, 0.05) is 35.0 Å². The number of carbonyl (C=O) groups is 2. The van der Waals surface area contributed by atoms with Gasteiger partial charge in [0.1, 0.15) is 11.9 Å². The summed E-state index contributed by atoms with van der Waals surface area (Å²) in [6.07, 6.45) is 1.65. The summed E-state index contributed by atoms with van der Waals surface area (Å²) in [6, 6.07) is 19.1. The molecule has 3 aromatic rings. The molecule has 1 saturated heterocycles. The number of hydrogen-bond donors (Lipinski definition) is 3. The van der Waals surface area contributed by atoms with Crippen LogP contribution in [0, 0.1) is 12.3 Å². The minimum Gasteiger partial charge on any atom is -0.483 e. The number of rotatable bonds is 6. The van der Waals surface area contributed by atoms with Gasteiger partial charge in [-0.05, 0) is 37.3 Å². The second-order valence-electron chi connectivity index (χ2n) is 11.1. The van der Waals surface area contributed by atoms with E-state index in [9.17, 15) is 9.59 Å². The molecule has 3 aromatic carbocycles. The molecule has 0 aromatic heterocycles. The van der Waals surface area contributed by atoms with Crippen LogP contribution in [0.4, 0.5) is 16.2 Å². The predicted octanol–water partition coefficient (Wildman–Crippen LogP) is 4.79. The molecule has 0 saturated carbocycles. The first-order valence-electron chi connectivity index (χ1n) is 13.6. The number of amides is 3. The van der Waals surface area contributed by atoms with Crippen LogP contribution >= 0.6 is 0 Å². The summed E-state index contributed by atoms with van der Waals surface area (Å²) in [5, 5.41) is 9.70. The van der Waals surface area contributed by atoms with Gasteiger partial charge in [-0.1, -0.05) is 62.7 Å². The largest absolute Gasteiger partial charge is 0.483 e. The Bertz CT molecular complexity index is 1410. The molecule has 0 spiro atoms. The summed E-state index contributed by atoms with van der Waals surface area (Å²) in [7, 11) is 0. The van der Waals surface area contributed by atoms with Crippen molar-refractivity contribution in [3.63, 3.8) is 0 Å². The van der Waals surface area contributed by atoms with E-state index in [4.69, 9.17) is 9.47 Å². The van der Waals surface area contributed by atoms with Crippen LogP contribution in [0.1, 0.15) is 26.3 Å². The lowest BCUT2D eigenvalue weighted by Crippen LogP contribution is -2.50. The monoisotopic (exact) mass is 543 g/mol. The fourth-order valence-corrected chi connectivity index (χ4v) is 4.77. The zero-order chi connectivity index (χ0) is 28.3. The van der Waals surface area contributed by atoms with E-state index in [1.165, 1.54) is 5.56 Å². The molecular weight excluding hydrogens is 506 g/mol. The molecule has 2 heterocycles. The highest BCUT2D eigenvalue weighted by atomic mass is 16.5. The van der Waals surface area contributed by atoms with Crippen LogP contribution in [0.3, 0.4) is 0 Å². The smallest absolute Gasteiger partial charge is 0.321 e. The third-order valence-electron chi connectivity index (χ3n) is 7.09. The maximum Gasteiger partial charge on any atom is 0.321 e. The fourth-order valence-electron chi connectivity index (χ4n) is 4.77. The van der Waals surface area contributed by atoms with Crippen LogP contribution in [0.25, 0.3) is 10.8 Å². The Morgan fingerprint density at radius 1 is 1.00 bits per heavy atom. The third-order valence-corrected chi connectivity index (χ3v) is 7.09. The highest BCUT2D eigenvalue weighted by Crippen LogP contribution is 2.33. The quantitative estimate of drug-likeness (QED) is 0.414. The molecule has 1 fully saturated rings. The Labute approximate surface area is 235 Å². The molecule has 1 atom stereocenters. The van der Waals surface area contributed by atoms with Crippen molar-refractivity contribution in [1.29, 1.82) is 0 Å². The van der Waals surface area contributed by atoms with Gasteiger partial charge >= 0.3 is 6.03 Å². The lowest BCUT2D eigenvalue weighted by Gasteiger charge is -2.30. The molecule has 0 bridgehead atoms. The van der Waals surface area contributed by atoms with E-state index >= 15 is 0 Å². The number of benzene rings is 3. The number of urea groups is 1. The molecule has 40 heavy (non-hydrogen) atoms. The standard InChI is InChI=1S/C31H37N5O4/c1-21-9-11-22(12-10-21)36-28(19-27(34-36)31(2,3)4)33-30(38)32-25-13-14-26(24-8-6-5-7-23(24)25)40-20-29(37)35-15-17-39-18-16-35/h5-14,19,28,34H,15-18,20H2,1-4H3,(H2,32,33,38). The van der Waals surface area contributed by atoms with Crippen LogP contribution in [-0.4, -0.2) is 55.9 Å². The molecule has 2 aliphatic heterocycles. The molecular formula is C31H37N5O4. The zero-order valence-corrected chi connectivity index (χ0v) is 23.5. The first-order chi connectivity index (χ1) is 19.2. The number of fused-ring (bicyclic) bond motifs is 1. The van der Waals surface area contributed by atoms with Gasteiger partial charge in [-0.3, -0.25) is 15.2 Å². The van der Waals surface area contributed by atoms with E-state index in [0.717, 1.165) is 22.2 Å². The maximum absolute atomic E-state index is 13.3. The van der Waals surface area contributed by atoms with Gasteiger partial charge in [-0.2, -0.15) is 0 Å². The highest BCUT2D eigenvalue weighted by Gasteiger charge is 2.31. The van der Waals surface area contributed by atoms with Crippen molar-refractivity contribution in [3.05, 3.63) is 78.0 Å². The van der Waals surface area contributed by atoms with E-state index in [-0.39, 0.29) is 24.0 Å². The third kappa shape index (κ3) is 6.15. The number of hydrogen-bond acceptors (Lipinski definition) is 6. The van der Waals surface area contributed by atoms with Crippen LogP contribution < -0.4 is 25.8 Å². The molecule has 0 aliphatic carbocycles. The summed E-state index contributed by atoms with van der Waals surface area (Å²) in [5.41, 5.74) is 7.13. The van der Waals surface area contributed by atoms with E-state index < -0.39 is 6.17 Å². The molecule has 0 radical (unpaired) electrons. The zero-order valence-electron chi connectivity index (χ0n) is 23.5. The van der Waals surface area contributed by atoms with Crippen molar-refractivity contribution < 1.29 is 19.1 Å². The first-order valence-corrected chi connectivity index (χ1v) is 13.6. The van der Waals surface area contributed by atoms with Crippen molar-refractivity contribution in [2.24, 2.45) is 5.41 Å². The van der Waals surface area contributed by atoms with Gasteiger partial charge in [0.25, 0.3) is 5.91 Å². The Hall–Kier alpha value is -4.24. The number of nitrogens with one attached hydrogen (secondary N) is 3. The van der Waals surface area contributed by atoms with E-state index in [2.05, 4.69) is 36.8 Å². The van der Waals surface area contributed by atoms with Crippen molar-refractivity contribution >= 4 is 34.1 Å². The van der Waals surface area contributed by atoms with Crippen molar-refractivity contribution in [3.8, 4) is 5.75 Å². The van der Waals surface area contributed by atoms with Crippen molar-refractivity contribution in [1.82, 2.24) is 15.6 Å². The number of nitrogens with zero attached hydrogens (tertiary/aromatic N) is 2. The average Bonchev–Trinajstić information content (AvgIpc) is 3.37. The number of allylic oxidation sites excluding steroid dienone is 1. The molecule has 3 N–H and O–H groups in total. The molecule has 210 valence electrons. The van der Waals surface area contributed by atoms with Crippen LogP contribution in [0.2, 0.25) is 0 Å². The van der Waals surface area contributed by atoms with Gasteiger partial charge in [0.05, 0.1) is 24.6 Å². The minimum atomic E-state index is -0.392. The van der Waals surface area contributed by atoms with Gasteiger partial charge in [-0.25, -0.2) is 4.79 Å². The van der Waals surface area contributed by atoms with Crippen LogP contribution in [0.15, 0.2) is 72.4 Å². The van der Waals surface area contributed by atoms with Crippen LogP contribution in [0.5, 0.6) is 5.75 Å². The lowest BCUT2D eigenvalue weighted by atomic mass is 9.92. The van der Waals surface area contributed by atoms with Gasteiger partial charge in [0.2, 0.25) is 0 Å². The average molecular weight is 544 g/mol. The van der Waals surface area contributed by atoms with Gasteiger partial charge < -0.3 is 25.0 Å². The highest BCUT2D eigenvalue weighted by molar-refractivity contribution is 6.04. The van der Waals surface area contributed by atoms with Crippen LogP contribution in [-0.2, 0) is 9.53 Å². The number of morpholine rings is 1. The molecule has 3 amide bonds. The second-order valence-corrected chi connectivity index (χ2v) is 11.1.